The molecule has 5 rings (SSSR count). The minimum absolute atomic E-state index is 0.127. The lowest BCUT2D eigenvalue weighted by molar-refractivity contribution is 0.0135. The first-order chi connectivity index (χ1) is 22.0. The number of carboxylic acid groups (broad SMARTS) is 1. The maximum Gasteiger partial charge on any atom is 0.426 e. The molecule has 1 heterocycles. The van der Waals surface area contributed by atoms with Crippen molar-refractivity contribution < 1.29 is 29.0 Å². The second-order valence-corrected chi connectivity index (χ2v) is 12.6. The van der Waals surface area contributed by atoms with Gasteiger partial charge in [0, 0.05) is 25.6 Å². The summed E-state index contributed by atoms with van der Waals surface area (Å²) in [4.78, 5) is 41.2. The van der Waals surface area contributed by atoms with Gasteiger partial charge in [-0.05, 0) is 67.6 Å². The number of benzene rings is 4. The van der Waals surface area contributed by atoms with E-state index >= 15 is 0 Å². The highest BCUT2D eigenvalue weighted by Gasteiger charge is 2.42. The smallest absolute Gasteiger partial charge is 0.426 e. The third-order valence-electron chi connectivity index (χ3n) is 8.45. The summed E-state index contributed by atoms with van der Waals surface area (Å²) in [7, 11) is 1.27. The number of amides is 2. The molecule has 1 aliphatic rings. The maximum atomic E-state index is 14.0. The Morgan fingerprint density at radius 1 is 0.891 bits per heavy atom. The topological polar surface area (TPSA) is 99.6 Å². The fourth-order valence-electron chi connectivity index (χ4n) is 6.34. The molecule has 0 bridgehead atoms. The number of anilines is 1. The molecular formula is C37H41N3O6. The van der Waals surface area contributed by atoms with Crippen LogP contribution in [0, 0.1) is 5.92 Å². The van der Waals surface area contributed by atoms with Crippen LogP contribution in [-0.2, 0) is 9.47 Å². The Kier molecular flexibility index (Phi) is 9.63. The van der Waals surface area contributed by atoms with Gasteiger partial charge in [-0.3, -0.25) is 0 Å². The predicted molar refractivity (Wildman–Crippen MR) is 178 cm³/mol. The lowest BCUT2D eigenvalue weighted by atomic mass is 9.88. The van der Waals surface area contributed by atoms with E-state index in [4.69, 9.17) is 9.47 Å². The molecule has 1 fully saturated rings. The first-order valence-electron chi connectivity index (χ1n) is 15.5. The van der Waals surface area contributed by atoms with E-state index in [0.717, 1.165) is 26.9 Å². The number of hydrazine groups is 1. The molecule has 1 N–H and O–H groups in total. The molecule has 3 atom stereocenters. The van der Waals surface area contributed by atoms with Crippen LogP contribution in [-0.4, -0.2) is 65.5 Å². The van der Waals surface area contributed by atoms with Gasteiger partial charge in [-0.1, -0.05) is 84.9 Å². The van der Waals surface area contributed by atoms with Crippen molar-refractivity contribution in [3.63, 3.8) is 0 Å². The molecule has 0 saturated carbocycles. The van der Waals surface area contributed by atoms with Gasteiger partial charge in [-0.15, -0.1) is 0 Å². The van der Waals surface area contributed by atoms with Gasteiger partial charge in [-0.25, -0.2) is 24.4 Å². The zero-order valence-electron chi connectivity index (χ0n) is 26.9. The lowest BCUT2D eigenvalue weighted by Gasteiger charge is -2.35. The molecule has 46 heavy (non-hydrogen) atoms. The van der Waals surface area contributed by atoms with Gasteiger partial charge < -0.3 is 19.5 Å². The molecule has 0 radical (unpaired) electrons. The van der Waals surface area contributed by atoms with Gasteiger partial charge in [0.2, 0.25) is 0 Å². The molecular weight excluding hydrogens is 582 g/mol. The molecule has 0 aromatic heterocycles. The van der Waals surface area contributed by atoms with Crippen LogP contribution >= 0.6 is 0 Å². The number of methoxy groups -OCH3 is 1. The van der Waals surface area contributed by atoms with Crippen molar-refractivity contribution in [2.24, 2.45) is 5.92 Å². The number of esters is 1. The molecule has 4 aromatic rings. The van der Waals surface area contributed by atoms with Crippen LogP contribution in [0.25, 0.3) is 10.8 Å². The highest BCUT2D eigenvalue weighted by molar-refractivity contribution is 6.00. The molecule has 0 unspecified atom stereocenters. The second-order valence-electron chi connectivity index (χ2n) is 12.6. The van der Waals surface area contributed by atoms with E-state index in [2.05, 4.69) is 18.2 Å². The van der Waals surface area contributed by atoms with Gasteiger partial charge in [0.15, 0.2) is 0 Å². The van der Waals surface area contributed by atoms with Crippen molar-refractivity contribution in [2.75, 3.05) is 31.8 Å². The lowest BCUT2D eigenvalue weighted by Crippen LogP contribution is -2.46. The molecule has 0 spiro atoms. The molecule has 2 amide bonds. The summed E-state index contributed by atoms with van der Waals surface area (Å²) in [6.07, 6.45) is -1.67. The largest absolute Gasteiger partial charge is 0.465 e. The highest BCUT2D eigenvalue weighted by Crippen LogP contribution is 2.39. The number of carbonyl (C=O) groups excluding carboxylic acids is 2. The van der Waals surface area contributed by atoms with Gasteiger partial charge in [0.25, 0.3) is 0 Å². The van der Waals surface area contributed by atoms with Crippen molar-refractivity contribution in [3.8, 4) is 0 Å². The van der Waals surface area contributed by atoms with Crippen LogP contribution in [0.15, 0.2) is 97.1 Å². The fraction of sp³-hybridized carbons (Fsp3) is 0.324. The van der Waals surface area contributed by atoms with Crippen molar-refractivity contribution in [1.29, 1.82) is 0 Å². The van der Waals surface area contributed by atoms with Crippen LogP contribution in [0.1, 0.15) is 61.1 Å². The monoisotopic (exact) mass is 623 g/mol. The summed E-state index contributed by atoms with van der Waals surface area (Å²) in [6.45, 7) is 8.51. The number of hydrogen-bond acceptors (Lipinski definition) is 6. The van der Waals surface area contributed by atoms with Crippen LogP contribution in [0.2, 0.25) is 0 Å². The SMILES string of the molecule is COC(=O)c1ccccc1N(C(=O)O)N1C[C@@H](CN(C(=O)OC(C)(C)C)[C@H](C)c2cccc3ccccc23)[C@@H](c2ccccc2)C1. The minimum atomic E-state index is -1.23. The van der Waals surface area contributed by atoms with Crippen LogP contribution in [0.4, 0.5) is 15.3 Å². The third-order valence-corrected chi connectivity index (χ3v) is 8.45. The predicted octanol–water partition coefficient (Wildman–Crippen LogP) is 7.74. The maximum absolute atomic E-state index is 14.0. The number of rotatable bonds is 8. The van der Waals surface area contributed by atoms with Gasteiger partial charge >= 0.3 is 18.2 Å². The Morgan fingerprint density at radius 2 is 1.54 bits per heavy atom. The van der Waals surface area contributed by atoms with Gasteiger partial charge in [0.05, 0.1) is 24.4 Å². The van der Waals surface area contributed by atoms with E-state index in [0.29, 0.717) is 19.6 Å². The summed E-state index contributed by atoms with van der Waals surface area (Å²) in [6, 6.07) is 30.3. The summed E-state index contributed by atoms with van der Waals surface area (Å²) in [5.41, 5.74) is 1.67. The highest BCUT2D eigenvalue weighted by atomic mass is 16.6. The number of hydrogen-bond donors (Lipinski definition) is 1. The van der Waals surface area contributed by atoms with Crippen molar-refractivity contribution in [3.05, 3.63) is 114 Å². The number of para-hydroxylation sites is 1. The molecule has 4 aromatic carbocycles. The quantitative estimate of drug-likeness (QED) is 0.201. The van der Waals surface area contributed by atoms with E-state index in [1.54, 1.807) is 34.2 Å². The first kappa shape index (κ1) is 32.5. The van der Waals surface area contributed by atoms with Gasteiger partial charge in [-0.2, -0.15) is 0 Å². The Morgan fingerprint density at radius 3 is 2.24 bits per heavy atom. The van der Waals surface area contributed by atoms with Crippen LogP contribution in [0.5, 0.6) is 0 Å². The minimum Gasteiger partial charge on any atom is -0.465 e. The molecule has 9 nitrogen and oxygen atoms in total. The first-order valence-corrected chi connectivity index (χ1v) is 15.5. The molecule has 1 saturated heterocycles. The third kappa shape index (κ3) is 7.00. The zero-order valence-corrected chi connectivity index (χ0v) is 26.9. The van der Waals surface area contributed by atoms with Crippen LogP contribution < -0.4 is 5.01 Å². The molecule has 1 aliphatic heterocycles. The Bertz CT molecular complexity index is 1700. The van der Waals surface area contributed by atoms with Crippen molar-refractivity contribution in [2.45, 2.75) is 45.3 Å². The fourth-order valence-corrected chi connectivity index (χ4v) is 6.34. The number of nitrogens with zero attached hydrogens (tertiary/aromatic N) is 3. The number of fused-ring (bicyclic) bond motifs is 1. The standard InChI is InChI=1S/C37H41N3O6/c1-25(29-20-13-17-26-16-9-10-18-30(26)29)39(36(44)46-37(2,3)4)23-28-22-38(24-32(28)27-14-7-6-8-15-27)40(35(42)43)33-21-12-11-19-31(33)34(41)45-5/h6-21,25,28,32H,22-24H2,1-5H3,(H,42,43)/t25-,28+,32-/m1/s1. The Balaban J connectivity index is 1.55. The summed E-state index contributed by atoms with van der Waals surface area (Å²) in [5, 5.41) is 15.5. The zero-order chi connectivity index (χ0) is 33.0. The summed E-state index contributed by atoms with van der Waals surface area (Å²) >= 11 is 0. The normalized spacial score (nSPS) is 17.3. The van der Waals surface area contributed by atoms with E-state index in [1.807, 2.05) is 82.3 Å². The van der Waals surface area contributed by atoms with E-state index < -0.39 is 23.8 Å². The van der Waals surface area contributed by atoms with E-state index in [9.17, 15) is 19.5 Å². The van der Waals surface area contributed by atoms with Crippen molar-refractivity contribution >= 4 is 34.6 Å². The van der Waals surface area contributed by atoms with Crippen molar-refractivity contribution in [1.82, 2.24) is 9.91 Å². The average Bonchev–Trinajstić information content (AvgIpc) is 3.45. The Labute approximate surface area is 269 Å². The van der Waals surface area contributed by atoms with Gasteiger partial charge in [0.1, 0.15) is 5.60 Å². The molecule has 0 aliphatic carbocycles. The van der Waals surface area contributed by atoms with Crippen LogP contribution in [0.3, 0.4) is 0 Å². The Hall–Kier alpha value is -4.89. The number of ether oxygens (including phenoxy) is 2. The number of carbonyl (C=O) groups is 3. The summed E-state index contributed by atoms with van der Waals surface area (Å²) in [5.74, 6) is -0.935. The van der Waals surface area contributed by atoms with E-state index in [-0.39, 0.29) is 29.1 Å². The summed E-state index contributed by atoms with van der Waals surface area (Å²) < 4.78 is 10.9. The van der Waals surface area contributed by atoms with E-state index in [1.165, 1.54) is 7.11 Å². The average molecular weight is 624 g/mol. The molecule has 9 heteroatoms. The second kappa shape index (κ2) is 13.6. The molecule has 240 valence electrons.